The molecule has 0 aliphatic carbocycles. The number of nitrogens with zero attached hydrogens (tertiary/aromatic N) is 1. The first-order valence-electron chi connectivity index (χ1n) is 5.57. The highest BCUT2D eigenvalue weighted by atomic mass is 16.2. The van der Waals surface area contributed by atoms with Gasteiger partial charge in [-0.15, -0.1) is 0 Å². The van der Waals surface area contributed by atoms with E-state index in [2.05, 4.69) is 10.6 Å². The third-order valence-corrected chi connectivity index (χ3v) is 2.23. The summed E-state index contributed by atoms with van der Waals surface area (Å²) in [6.45, 7) is 1.17. The Kier molecular flexibility index (Phi) is 7.34. The quantitative estimate of drug-likeness (QED) is 0.591. The van der Waals surface area contributed by atoms with Crippen molar-refractivity contribution in [1.29, 1.82) is 0 Å². The van der Waals surface area contributed by atoms with Crippen molar-refractivity contribution in [1.82, 2.24) is 15.5 Å². The number of ketones is 1. The molecule has 102 valence electrons. The zero-order valence-corrected chi connectivity index (χ0v) is 10.9. The molecule has 0 bridgehead atoms. The summed E-state index contributed by atoms with van der Waals surface area (Å²) in [4.78, 5) is 45.6. The molecular formula is C11H19N3O4. The molecule has 7 nitrogen and oxygen atoms in total. The van der Waals surface area contributed by atoms with E-state index in [9.17, 15) is 19.2 Å². The maximum atomic E-state index is 11.5. The van der Waals surface area contributed by atoms with Crippen molar-refractivity contribution in [2.45, 2.75) is 19.8 Å². The highest BCUT2D eigenvalue weighted by molar-refractivity contribution is 5.89. The number of likely N-dealkylation sites (N-methyl/N-ethyl adjacent to an activating group) is 2. The second-order valence-corrected chi connectivity index (χ2v) is 3.90. The van der Waals surface area contributed by atoms with Crippen LogP contribution in [0.4, 0.5) is 0 Å². The fourth-order valence-corrected chi connectivity index (χ4v) is 1.07. The lowest BCUT2D eigenvalue weighted by molar-refractivity contribution is -0.135. The Morgan fingerprint density at radius 2 is 1.67 bits per heavy atom. The summed E-state index contributed by atoms with van der Waals surface area (Å²) >= 11 is 0. The lowest BCUT2D eigenvalue weighted by Crippen LogP contribution is -2.42. The SMILES string of the molecule is CNC(=O)CN(C)C(=O)CNC(=O)CCC(C)=O. The summed E-state index contributed by atoms with van der Waals surface area (Å²) in [5.41, 5.74) is 0. The second-order valence-electron chi connectivity index (χ2n) is 3.90. The number of rotatable bonds is 7. The van der Waals surface area contributed by atoms with Crippen LogP contribution in [0.3, 0.4) is 0 Å². The highest BCUT2D eigenvalue weighted by Gasteiger charge is 2.13. The van der Waals surface area contributed by atoms with E-state index in [-0.39, 0.29) is 49.4 Å². The van der Waals surface area contributed by atoms with E-state index in [0.717, 1.165) is 0 Å². The number of hydrogen-bond acceptors (Lipinski definition) is 4. The standard InChI is InChI=1S/C11H19N3O4/c1-8(15)4-5-9(16)13-6-11(18)14(3)7-10(17)12-2/h4-7H2,1-3H3,(H,12,17)(H,13,16). The van der Waals surface area contributed by atoms with E-state index in [1.807, 2.05) is 0 Å². The number of amides is 3. The van der Waals surface area contributed by atoms with Gasteiger partial charge in [0.2, 0.25) is 17.7 Å². The molecule has 0 unspecified atom stereocenters. The summed E-state index contributed by atoms with van der Waals surface area (Å²) in [5, 5.41) is 4.79. The second kappa shape index (κ2) is 8.21. The van der Waals surface area contributed by atoms with E-state index in [4.69, 9.17) is 0 Å². The zero-order chi connectivity index (χ0) is 14.1. The van der Waals surface area contributed by atoms with Crippen LogP contribution in [0, 0.1) is 0 Å². The topological polar surface area (TPSA) is 95.6 Å². The lowest BCUT2D eigenvalue weighted by atomic mass is 10.2. The van der Waals surface area contributed by atoms with Crippen LogP contribution in [0.5, 0.6) is 0 Å². The molecule has 0 aromatic carbocycles. The van der Waals surface area contributed by atoms with Gasteiger partial charge in [-0.05, 0) is 6.92 Å². The first-order chi connectivity index (χ1) is 8.36. The molecule has 0 aromatic heterocycles. The van der Waals surface area contributed by atoms with Gasteiger partial charge in [0, 0.05) is 26.9 Å². The van der Waals surface area contributed by atoms with Crippen LogP contribution in [-0.2, 0) is 19.2 Å². The molecule has 18 heavy (non-hydrogen) atoms. The Morgan fingerprint density at radius 1 is 1.06 bits per heavy atom. The van der Waals surface area contributed by atoms with Crippen molar-refractivity contribution in [3.63, 3.8) is 0 Å². The minimum atomic E-state index is -0.366. The van der Waals surface area contributed by atoms with Crippen molar-refractivity contribution in [3.8, 4) is 0 Å². The third-order valence-electron chi connectivity index (χ3n) is 2.23. The molecule has 0 radical (unpaired) electrons. The molecular weight excluding hydrogens is 238 g/mol. The van der Waals surface area contributed by atoms with Crippen molar-refractivity contribution in [3.05, 3.63) is 0 Å². The van der Waals surface area contributed by atoms with E-state index in [1.54, 1.807) is 0 Å². The molecule has 0 saturated heterocycles. The van der Waals surface area contributed by atoms with E-state index < -0.39 is 0 Å². The molecule has 0 rings (SSSR count). The first-order valence-corrected chi connectivity index (χ1v) is 5.57. The fraction of sp³-hybridized carbons (Fsp3) is 0.636. The van der Waals surface area contributed by atoms with Gasteiger partial charge in [0.15, 0.2) is 0 Å². The normalized spacial score (nSPS) is 9.50. The number of carbonyl (C=O) groups excluding carboxylic acids is 4. The predicted octanol–water partition coefficient (Wildman–Crippen LogP) is -1.32. The summed E-state index contributed by atoms with van der Waals surface area (Å²) in [5.74, 6) is -1.08. The lowest BCUT2D eigenvalue weighted by Gasteiger charge is -2.16. The van der Waals surface area contributed by atoms with Gasteiger partial charge < -0.3 is 20.3 Å². The predicted molar refractivity (Wildman–Crippen MR) is 64.6 cm³/mol. The maximum Gasteiger partial charge on any atom is 0.242 e. The van der Waals surface area contributed by atoms with Crippen LogP contribution in [0.1, 0.15) is 19.8 Å². The summed E-state index contributed by atoms with van der Waals surface area (Å²) < 4.78 is 0. The average Bonchev–Trinajstić information content (AvgIpc) is 2.32. The Hall–Kier alpha value is -1.92. The van der Waals surface area contributed by atoms with Crippen molar-refractivity contribution < 1.29 is 19.2 Å². The fourth-order valence-electron chi connectivity index (χ4n) is 1.07. The molecule has 2 N–H and O–H groups in total. The molecule has 0 fully saturated rings. The van der Waals surface area contributed by atoms with Gasteiger partial charge in [-0.2, -0.15) is 0 Å². The molecule has 0 heterocycles. The van der Waals surface area contributed by atoms with Gasteiger partial charge in [0.05, 0.1) is 13.1 Å². The Morgan fingerprint density at radius 3 is 2.17 bits per heavy atom. The smallest absolute Gasteiger partial charge is 0.242 e. The average molecular weight is 257 g/mol. The first kappa shape index (κ1) is 16.1. The van der Waals surface area contributed by atoms with Gasteiger partial charge in [0.1, 0.15) is 5.78 Å². The van der Waals surface area contributed by atoms with E-state index >= 15 is 0 Å². The van der Waals surface area contributed by atoms with Gasteiger partial charge in [0.25, 0.3) is 0 Å². The molecule has 0 spiro atoms. The molecule has 0 aliphatic rings. The maximum absolute atomic E-state index is 11.5. The summed E-state index contributed by atoms with van der Waals surface area (Å²) in [6.07, 6.45) is 0.232. The van der Waals surface area contributed by atoms with Crippen LogP contribution in [-0.4, -0.2) is 55.6 Å². The van der Waals surface area contributed by atoms with Gasteiger partial charge in [-0.3, -0.25) is 14.4 Å². The minimum absolute atomic E-state index is 0.0569. The molecule has 0 aromatic rings. The van der Waals surface area contributed by atoms with Crippen LogP contribution >= 0.6 is 0 Å². The number of Topliss-reactive ketones (excluding diaryl/α,β-unsaturated/α-hetero) is 1. The van der Waals surface area contributed by atoms with Crippen LogP contribution in [0.2, 0.25) is 0 Å². The van der Waals surface area contributed by atoms with Gasteiger partial charge >= 0.3 is 0 Å². The minimum Gasteiger partial charge on any atom is -0.358 e. The highest BCUT2D eigenvalue weighted by Crippen LogP contribution is 1.90. The zero-order valence-electron chi connectivity index (χ0n) is 10.9. The number of hydrogen-bond donors (Lipinski definition) is 2. The van der Waals surface area contributed by atoms with Crippen LogP contribution < -0.4 is 10.6 Å². The Balaban J connectivity index is 3.91. The van der Waals surface area contributed by atoms with Gasteiger partial charge in [-0.1, -0.05) is 0 Å². The van der Waals surface area contributed by atoms with Crippen LogP contribution in [0.15, 0.2) is 0 Å². The summed E-state index contributed by atoms with van der Waals surface area (Å²) in [7, 11) is 2.95. The van der Waals surface area contributed by atoms with E-state index in [1.165, 1.54) is 25.9 Å². The van der Waals surface area contributed by atoms with Crippen LogP contribution in [0.25, 0.3) is 0 Å². The van der Waals surface area contributed by atoms with Gasteiger partial charge in [-0.25, -0.2) is 0 Å². The van der Waals surface area contributed by atoms with Crippen molar-refractivity contribution >= 4 is 23.5 Å². The molecule has 7 heteroatoms. The monoisotopic (exact) mass is 257 g/mol. The van der Waals surface area contributed by atoms with E-state index in [0.29, 0.717) is 0 Å². The molecule has 0 aliphatic heterocycles. The molecule has 0 saturated carbocycles. The Labute approximate surface area is 106 Å². The molecule has 3 amide bonds. The summed E-state index contributed by atoms with van der Waals surface area (Å²) in [6, 6.07) is 0. The Bertz CT molecular complexity index is 341. The third kappa shape index (κ3) is 7.37. The molecule has 0 atom stereocenters. The number of carbonyl (C=O) groups is 4. The largest absolute Gasteiger partial charge is 0.358 e. The van der Waals surface area contributed by atoms with Crippen molar-refractivity contribution in [2.24, 2.45) is 0 Å². The number of nitrogens with one attached hydrogen (secondary N) is 2. The van der Waals surface area contributed by atoms with Crippen molar-refractivity contribution in [2.75, 3.05) is 27.2 Å².